The van der Waals surface area contributed by atoms with Gasteiger partial charge in [0.2, 0.25) is 0 Å². The largest absolute Gasteiger partial charge is 0.397 e. The molecule has 0 spiro atoms. The summed E-state index contributed by atoms with van der Waals surface area (Å²) in [5.74, 6) is 0. The number of nitrogen functional groups attached to an aromatic ring is 1. The highest BCUT2D eigenvalue weighted by Crippen LogP contribution is 2.23. The van der Waals surface area contributed by atoms with E-state index in [4.69, 9.17) is 10.5 Å². The molecule has 5 nitrogen and oxygen atoms in total. The van der Waals surface area contributed by atoms with Gasteiger partial charge in [-0.05, 0) is 18.9 Å². The highest BCUT2D eigenvalue weighted by molar-refractivity contribution is 5.53. The Morgan fingerprint density at radius 2 is 1.84 bits per heavy atom. The van der Waals surface area contributed by atoms with E-state index in [0.717, 1.165) is 50.8 Å². The second kappa shape index (κ2) is 5.75. The highest BCUT2D eigenvalue weighted by Gasteiger charge is 2.25. The molecule has 3 heterocycles. The minimum absolute atomic E-state index is 0.717. The molecule has 3 rings (SSSR count). The molecule has 0 atom stereocenters. The van der Waals surface area contributed by atoms with E-state index in [1.165, 1.54) is 12.8 Å². The number of pyridine rings is 1. The first kappa shape index (κ1) is 12.7. The molecule has 1 aromatic rings. The van der Waals surface area contributed by atoms with E-state index >= 15 is 0 Å². The quantitative estimate of drug-likeness (QED) is 0.860. The van der Waals surface area contributed by atoms with Crippen LogP contribution in [0.3, 0.4) is 0 Å². The summed E-state index contributed by atoms with van der Waals surface area (Å²) in [4.78, 5) is 9.15. The lowest BCUT2D eigenvalue weighted by Gasteiger charge is -2.40. The van der Waals surface area contributed by atoms with Crippen LogP contribution < -0.4 is 10.6 Å². The van der Waals surface area contributed by atoms with Crippen LogP contribution in [0.25, 0.3) is 0 Å². The summed E-state index contributed by atoms with van der Waals surface area (Å²) in [5.41, 5.74) is 7.69. The molecular weight excluding hydrogens is 240 g/mol. The molecule has 5 heteroatoms. The zero-order valence-electron chi connectivity index (χ0n) is 11.3. The Bertz CT molecular complexity index is 412. The van der Waals surface area contributed by atoms with Crippen molar-refractivity contribution in [1.82, 2.24) is 9.88 Å². The summed E-state index contributed by atoms with van der Waals surface area (Å²) >= 11 is 0. The second-order valence-electron chi connectivity index (χ2n) is 5.34. The molecule has 2 N–H and O–H groups in total. The van der Waals surface area contributed by atoms with Gasteiger partial charge in [-0.3, -0.25) is 9.88 Å². The normalized spacial score (nSPS) is 22.6. The second-order valence-corrected chi connectivity index (χ2v) is 5.34. The van der Waals surface area contributed by atoms with E-state index in [2.05, 4.69) is 14.8 Å². The SMILES string of the molecule is Nc1cncc(N2CCC(N3CCOCC3)CC2)c1. The summed E-state index contributed by atoms with van der Waals surface area (Å²) in [6.07, 6.45) is 6.04. The number of anilines is 2. The molecule has 19 heavy (non-hydrogen) atoms. The van der Waals surface area contributed by atoms with Crippen molar-refractivity contribution in [3.63, 3.8) is 0 Å². The van der Waals surface area contributed by atoms with Gasteiger partial charge < -0.3 is 15.4 Å². The number of aromatic nitrogens is 1. The van der Waals surface area contributed by atoms with Crippen molar-refractivity contribution in [2.75, 3.05) is 50.0 Å². The summed E-state index contributed by atoms with van der Waals surface area (Å²) in [7, 11) is 0. The summed E-state index contributed by atoms with van der Waals surface area (Å²) in [5, 5.41) is 0. The topological polar surface area (TPSA) is 54.6 Å². The molecular formula is C14H22N4O. The van der Waals surface area contributed by atoms with Crippen LogP contribution in [0.15, 0.2) is 18.5 Å². The molecule has 0 aliphatic carbocycles. The maximum Gasteiger partial charge on any atom is 0.0594 e. The van der Waals surface area contributed by atoms with Crippen molar-refractivity contribution in [3.05, 3.63) is 18.5 Å². The molecule has 0 aromatic carbocycles. The smallest absolute Gasteiger partial charge is 0.0594 e. The number of nitrogens with two attached hydrogens (primary N) is 1. The number of nitrogens with zero attached hydrogens (tertiary/aromatic N) is 3. The molecule has 0 radical (unpaired) electrons. The Kier molecular flexibility index (Phi) is 3.84. The maximum absolute atomic E-state index is 5.80. The van der Waals surface area contributed by atoms with Crippen molar-refractivity contribution in [3.8, 4) is 0 Å². The first-order chi connectivity index (χ1) is 9.33. The van der Waals surface area contributed by atoms with E-state index in [9.17, 15) is 0 Å². The predicted molar refractivity (Wildman–Crippen MR) is 76.3 cm³/mol. The van der Waals surface area contributed by atoms with E-state index < -0.39 is 0 Å². The number of hydrogen-bond acceptors (Lipinski definition) is 5. The molecule has 0 unspecified atom stereocenters. The molecule has 1 aromatic heterocycles. The average molecular weight is 262 g/mol. The third kappa shape index (κ3) is 2.98. The van der Waals surface area contributed by atoms with Gasteiger partial charge in [-0.2, -0.15) is 0 Å². The first-order valence-corrected chi connectivity index (χ1v) is 7.10. The van der Waals surface area contributed by atoms with Crippen molar-refractivity contribution in [2.45, 2.75) is 18.9 Å². The van der Waals surface area contributed by atoms with Gasteiger partial charge >= 0.3 is 0 Å². The average Bonchev–Trinajstić information content (AvgIpc) is 2.48. The van der Waals surface area contributed by atoms with Gasteiger partial charge in [-0.1, -0.05) is 0 Å². The standard InChI is InChI=1S/C14H22N4O/c15-12-9-14(11-16-10-12)17-3-1-13(2-4-17)18-5-7-19-8-6-18/h9-11,13H,1-8,15H2. The minimum Gasteiger partial charge on any atom is -0.397 e. The highest BCUT2D eigenvalue weighted by atomic mass is 16.5. The fourth-order valence-electron chi connectivity index (χ4n) is 3.05. The molecule has 2 saturated heterocycles. The third-order valence-corrected chi connectivity index (χ3v) is 4.14. The van der Waals surface area contributed by atoms with Crippen LogP contribution >= 0.6 is 0 Å². The molecule has 2 fully saturated rings. The van der Waals surface area contributed by atoms with Crippen molar-refractivity contribution in [1.29, 1.82) is 0 Å². The van der Waals surface area contributed by atoms with Crippen LogP contribution in [0, 0.1) is 0 Å². The first-order valence-electron chi connectivity index (χ1n) is 7.10. The van der Waals surface area contributed by atoms with Gasteiger partial charge in [0.25, 0.3) is 0 Å². The van der Waals surface area contributed by atoms with E-state index in [-0.39, 0.29) is 0 Å². The van der Waals surface area contributed by atoms with Gasteiger partial charge in [0.1, 0.15) is 0 Å². The van der Waals surface area contributed by atoms with Crippen LogP contribution in [0.1, 0.15) is 12.8 Å². The van der Waals surface area contributed by atoms with Crippen LogP contribution in [-0.2, 0) is 4.74 Å². The maximum atomic E-state index is 5.80. The number of rotatable bonds is 2. The number of hydrogen-bond donors (Lipinski definition) is 1. The molecule has 0 saturated carbocycles. The third-order valence-electron chi connectivity index (χ3n) is 4.14. The molecule has 2 aliphatic heterocycles. The monoisotopic (exact) mass is 262 g/mol. The van der Waals surface area contributed by atoms with Gasteiger partial charge in [0.05, 0.1) is 30.8 Å². The summed E-state index contributed by atoms with van der Waals surface area (Å²) in [6, 6.07) is 2.73. The number of piperidine rings is 1. The molecule has 0 bridgehead atoms. The zero-order valence-corrected chi connectivity index (χ0v) is 11.3. The van der Waals surface area contributed by atoms with Gasteiger partial charge in [-0.25, -0.2) is 0 Å². The number of ether oxygens (including phenoxy) is 1. The Morgan fingerprint density at radius 1 is 1.11 bits per heavy atom. The van der Waals surface area contributed by atoms with E-state index in [0.29, 0.717) is 6.04 Å². The number of morpholine rings is 1. The summed E-state index contributed by atoms with van der Waals surface area (Å²) in [6.45, 7) is 6.13. The zero-order chi connectivity index (χ0) is 13.1. The van der Waals surface area contributed by atoms with E-state index in [1.807, 2.05) is 12.3 Å². The van der Waals surface area contributed by atoms with Crippen LogP contribution in [0.5, 0.6) is 0 Å². The van der Waals surface area contributed by atoms with Gasteiger partial charge in [0.15, 0.2) is 0 Å². The molecule has 0 amide bonds. The van der Waals surface area contributed by atoms with Crippen molar-refractivity contribution < 1.29 is 4.74 Å². The fraction of sp³-hybridized carbons (Fsp3) is 0.643. The van der Waals surface area contributed by atoms with Crippen LogP contribution in [-0.4, -0.2) is 55.3 Å². The Morgan fingerprint density at radius 3 is 2.53 bits per heavy atom. The van der Waals surface area contributed by atoms with Crippen LogP contribution in [0.2, 0.25) is 0 Å². The van der Waals surface area contributed by atoms with E-state index in [1.54, 1.807) is 6.20 Å². The minimum atomic E-state index is 0.717. The Balaban J connectivity index is 1.57. The fourth-order valence-corrected chi connectivity index (χ4v) is 3.05. The van der Waals surface area contributed by atoms with Crippen LogP contribution in [0.4, 0.5) is 11.4 Å². The lowest BCUT2D eigenvalue weighted by Crippen LogP contribution is -2.49. The Labute approximate surface area is 114 Å². The van der Waals surface area contributed by atoms with Crippen molar-refractivity contribution >= 4 is 11.4 Å². The molecule has 104 valence electrons. The van der Waals surface area contributed by atoms with Gasteiger partial charge in [0, 0.05) is 38.4 Å². The lowest BCUT2D eigenvalue weighted by molar-refractivity contribution is 0.0115. The van der Waals surface area contributed by atoms with Crippen molar-refractivity contribution in [2.24, 2.45) is 0 Å². The summed E-state index contributed by atoms with van der Waals surface area (Å²) < 4.78 is 5.42. The molecule has 2 aliphatic rings. The van der Waals surface area contributed by atoms with Gasteiger partial charge in [-0.15, -0.1) is 0 Å². The Hall–Kier alpha value is -1.33. The predicted octanol–water partition coefficient (Wildman–Crippen LogP) is 0.965. The lowest BCUT2D eigenvalue weighted by atomic mass is 10.0.